The van der Waals surface area contributed by atoms with E-state index in [0.29, 0.717) is 0 Å². The first-order valence-electron chi connectivity index (χ1n) is 6.70. The quantitative estimate of drug-likeness (QED) is 0.874. The van der Waals surface area contributed by atoms with Gasteiger partial charge in [-0.1, -0.05) is 12.1 Å². The minimum Gasteiger partial charge on any atom is -0.388 e. The van der Waals surface area contributed by atoms with E-state index in [1.807, 2.05) is 13.2 Å². The van der Waals surface area contributed by atoms with Gasteiger partial charge in [0, 0.05) is 37.4 Å². The van der Waals surface area contributed by atoms with Gasteiger partial charge >= 0.3 is 0 Å². The summed E-state index contributed by atoms with van der Waals surface area (Å²) in [5, 5.41) is 5.80. The summed E-state index contributed by atoms with van der Waals surface area (Å²) < 4.78 is 0. The van der Waals surface area contributed by atoms with Gasteiger partial charge in [-0.25, -0.2) is 4.98 Å². The lowest BCUT2D eigenvalue weighted by molar-refractivity contribution is 0.575. The van der Waals surface area contributed by atoms with Crippen LogP contribution in [0.25, 0.3) is 10.8 Å². The largest absolute Gasteiger partial charge is 0.388 e. The number of piperidine rings is 1. The van der Waals surface area contributed by atoms with Crippen molar-refractivity contribution in [2.45, 2.75) is 19.3 Å². The van der Waals surface area contributed by atoms with Crippen molar-refractivity contribution in [1.82, 2.24) is 4.98 Å². The maximum Gasteiger partial charge on any atom is 0.138 e. The Kier molecular flexibility index (Phi) is 3.05. The number of benzene rings is 1. The molecule has 18 heavy (non-hydrogen) atoms. The topological polar surface area (TPSA) is 28.2 Å². The monoisotopic (exact) mass is 241 g/mol. The third-order valence-corrected chi connectivity index (χ3v) is 3.70. The molecule has 1 aromatic heterocycles. The van der Waals surface area contributed by atoms with Gasteiger partial charge in [0.1, 0.15) is 5.82 Å². The number of fused-ring (bicyclic) bond motifs is 1. The molecule has 1 fully saturated rings. The van der Waals surface area contributed by atoms with Crippen molar-refractivity contribution in [3.8, 4) is 0 Å². The molecule has 3 rings (SSSR count). The summed E-state index contributed by atoms with van der Waals surface area (Å²) in [4.78, 5) is 7.05. The predicted molar refractivity (Wildman–Crippen MR) is 77.4 cm³/mol. The fourth-order valence-electron chi connectivity index (χ4n) is 2.77. The van der Waals surface area contributed by atoms with E-state index in [4.69, 9.17) is 0 Å². The molecule has 1 aliphatic rings. The SMILES string of the molecule is CNc1cccc2ccnc(N3CCCCC3)c12. The van der Waals surface area contributed by atoms with Gasteiger partial charge in [0.25, 0.3) is 0 Å². The molecule has 0 spiro atoms. The third-order valence-electron chi connectivity index (χ3n) is 3.70. The highest BCUT2D eigenvalue weighted by Crippen LogP contribution is 2.32. The molecular formula is C15H19N3. The van der Waals surface area contributed by atoms with Crippen LogP contribution in [0.5, 0.6) is 0 Å². The van der Waals surface area contributed by atoms with Crippen LogP contribution in [0.1, 0.15) is 19.3 Å². The van der Waals surface area contributed by atoms with Crippen LogP contribution in [0, 0.1) is 0 Å². The first-order valence-corrected chi connectivity index (χ1v) is 6.70. The first-order chi connectivity index (χ1) is 8.90. The number of anilines is 2. The number of nitrogens with zero attached hydrogens (tertiary/aromatic N) is 2. The second-order valence-corrected chi connectivity index (χ2v) is 4.84. The van der Waals surface area contributed by atoms with Gasteiger partial charge in [-0.05, 0) is 36.8 Å². The summed E-state index contributed by atoms with van der Waals surface area (Å²) in [6.07, 6.45) is 5.82. The van der Waals surface area contributed by atoms with E-state index in [9.17, 15) is 0 Å². The van der Waals surface area contributed by atoms with Crippen LogP contribution in [-0.2, 0) is 0 Å². The van der Waals surface area contributed by atoms with Gasteiger partial charge in [-0.2, -0.15) is 0 Å². The lowest BCUT2D eigenvalue weighted by atomic mass is 10.1. The van der Waals surface area contributed by atoms with Crippen LogP contribution in [0.2, 0.25) is 0 Å². The molecule has 3 nitrogen and oxygen atoms in total. The van der Waals surface area contributed by atoms with Crippen molar-refractivity contribution in [1.29, 1.82) is 0 Å². The minimum atomic E-state index is 1.13. The molecule has 2 heterocycles. The molecule has 0 saturated carbocycles. The fraction of sp³-hybridized carbons (Fsp3) is 0.400. The van der Waals surface area contributed by atoms with Crippen molar-refractivity contribution in [3.05, 3.63) is 30.5 Å². The van der Waals surface area contributed by atoms with E-state index in [1.165, 1.54) is 35.7 Å². The van der Waals surface area contributed by atoms with Crippen molar-refractivity contribution in [3.63, 3.8) is 0 Å². The highest BCUT2D eigenvalue weighted by molar-refractivity contribution is 6.01. The lowest BCUT2D eigenvalue weighted by Crippen LogP contribution is -2.30. The van der Waals surface area contributed by atoms with E-state index in [0.717, 1.165) is 18.9 Å². The molecule has 0 radical (unpaired) electrons. The Morgan fingerprint density at radius 2 is 1.94 bits per heavy atom. The summed E-state index contributed by atoms with van der Waals surface area (Å²) in [5.41, 5.74) is 1.17. The molecule has 0 bridgehead atoms. The van der Waals surface area contributed by atoms with E-state index >= 15 is 0 Å². The molecule has 1 N–H and O–H groups in total. The smallest absolute Gasteiger partial charge is 0.138 e. The molecule has 0 amide bonds. The molecule has 3 heteroatoms. The number of aromatic nitrogens is 1. The van der Waals surface area contributed by atoms with E-state index in [1.54, 1.807) is 0 Å². The summed E-state index contributed by atoms with van der Waals surface area (Å²) in [6.45, 7) is 2.26. The molecule has 2 aromatic rings. The van der Waals surface area contributed by atoms with Crippen LogP contribution in [-0.4, -0.2) is 25.1 Å². The first kappa shape index (κ1) is 11.3. The van der Waals surface area contributed by atoms with Crippen LogP contribution in [0.3, 0.4) is 0 Å². The molecule has 0 aliphatic carbocycles. The Bertz CT molecular complexity index is 539. The maximum absolute atomic E-state index is 4.63. The Hall–Kier alpha value is -1.77. The van der Waals surface area contributed by atoms with Crippen molar-refractivity contribution in [2.75, 3.05) is 30.4 Å². The van der Waals surface area contributed by atoms with Crippen LogP contribution in [0.4, 0.5) is 11.5 Å². The Labute approximate surface area is 108 Å². The van der Waals surface area contributed by atoms with E-state index < -0.39 is 0 Å². The average molecular weight is 241 g/mol. The normalized spacial score (nSPS) is 15.9. The zero-order chi connectivity index (χ0) is 12.4. The highest BCUT2D eigenvalue weighted by Gasteiger charge is 2.16. The van der Waals surface area contributed by atoms with Gasteiger partial charge in [0.2, 0.25) is 0 Å². The van der Waals surface area contributed by atoms with Crippen LogP contribution >= 0.6 is 0 Å². The number of hydrogen-bond acceptors (Lipinski definition) is 3. The molecule has 1 aliphatic heterocycles. The Balaban J connectivity index is 2.15. The fourth-order valence-corrected chi connectivity index (χ4v) is 2.77. The van der Waals surface area contributed by atoms with E-state index in [2.05, 4.69) is 39.5 Å². The third kappa shape index (κ3) is 1.90. The number of hydrogen-bond donors (Lipinski definition) is 1. The molecule has 0 atom stereocenters. The Morgan fingerprint density at radius 3 is 2.72 bits per heavy atom. The summed E-state index contributed by atoms with van der Waals surface area (Å²) in [7, 11) is 1.97. The van der Waals surface area contributed by atoms with Crippen molar-refractivity contribution >= 4 is 22.3 Å². The lowest BCUT2D eigenvalue weighted by Gasteiger charge is -2.29. The van der Waals surface area contributed by atoms with Crippen LogP contribution < -0.4 is 10.2 Å². The average Bonchev–Trinajstić information content (AvgIpc) is 2.47. The maximum atomic E-state index is 4.63. The number of pyridine rings is 1. The van der Waals surface area contributed by atoms with E-state index in [-0.39, 0.29) is 0 Å². The zero-order valence-electron chi connectivity index (χ0n) is 10.8. The molecule has 1 saturated heterocycles. The Morgan fingerprint density at radius 1 is 1.11 bits per heavy atom. The molecule has 0 unspecified atom stereocenters. The summed E-state index contributed by atoms with van der Waals surface area (Å²) in [5.74, 6) is 1.14. The standard InChI is InChI=1S/C15H19N3/c1-16-13-7-5-6-12-8-9-17-15(14(12)13)18-10-3-2-4-11-18/h5-9,16H,2-4,10-11H2,1H3. The highest BCUT2D eigenvalue weighted by atomic mass is 15.2. The summed E-state index contributed by atoms with van der Waals surface area (Å²) in [6, 6.07) is 8.46. The second-order valence-electron chi connectivity index (χ2n) is 4.84. The molecule has 1 aromatic carbocycles. The summed E-state index contributed by atoms with van der Waals surface area (Å²) >= 11 is 0. The van der Waals surface area contributed by atoms with Crippen molar-refractivity contribution in [2.24, 2.45) is 0 Å². The van der Waals surface area contributed by atoms with Gasteiger partial charge in [0.05, 0.1) is 0 Å². The van der Waals surface area contributed by atoms with Gasteiger partial charge in [-0.15, -0.1) is 0 Å². The van der Waals surface area contributed by atoms with Crippen LogP contribution in [0.15, 0.2) is 30.5 Å². The van der Waals surface area contributed by atoms with Gasteiger partial charge < -0.3 is 10.2 Å². The van der Waals surface area contributed by atoms with Gasteiger partial charge in [-0.3, -0.25) is 0 Å². The molecule has 94 valence electrons. The number of rotatable bonds is 2. The predicted octanol–water partition coefficient (Wildman–Crippen LogP) is 3.27. The van der Waals surface area contributed by atoms with Crippen molar-refractivity contribution < 1.29 is 0 Å². The molecular weight excluding hydrogens is 222 g/mol. The zero-order valence-corrected chi connectivity index (χ0v) is 10.8. The van der Waals surface area contributed by atoms with Gasteiger partial charge in [0.15, 0.2) is 0 Å². The second kappa shape index (κ2) is 4.84. The number of nitrogens with one attached hydrogen (secondary N) is 1. The minimum absolute atomic E-state index is 1.13.